The lowest BCUT2D eigenvalue weighted by Crippen LogP contribution is -2.45. The van der Waals surface area contributed by atoms with Gasteiger partial charge in [-0.25, -0.2) is 4.79 Å². The largest absolute Gasteiger partial charge is 0.444 e. The number of hydrogen-bond donors (Lipinski definition) is 3. The molecule has 0 aliphatic heterocycles. The first-order chi connectivity index (χ1) is 9.78. The minimum absolute atomic E-state index is 0.0583. The smallest absolute Gasteiger partial charge is 0.409 e. The van der Waals surface area contributed by atoms with Crippen molar-refractivity contribution >= 4 is 29.3 Å². The van der Waals surface area contributed by atoms with Gasteiger partial charge < -0.3 is 15.4 Å². The minimum atomic E-state index is -0.563. The second-order valence-electron chi connectivity index (χ2n) is 5.18. The summed E-state index contributed by atoms with van der Waals surface area (Å²) in [5.74, 6) is -0.314. The summed E-state index contributed by atoms with van der Waals surface area (Å²) >= 11 is 4.96. The van der Waals surface area contributed by atoms with E-state index in [4.69, 9.17) is 17.0 Å². The first-order valence-electron chi connectivity index (χ1n) is 6.39. The molecule has 0 aliphatic carbocycles. The molecule has 21 heavy (non-hydrogen) atoms. The number of rotatable bonds is 3. The number of amides is 2. The highest BCUT2D eigenvalue weighted by Gasteiger charge is 2.15. The summed E-state index contributed by atoms with van der Waals surface area (Å²) in [4.78, 5) is 23.2. The zero-order valence-electron chi connectivity index (χ0n) is 12.2. The molecule has 0 heterocycles. The predicted molar refractivity (Wildman–Crippen MR) is 83.9 cm³/mol. The Labute approximate surface area is 129 Å². The van der Waals surface area contributed by atoms with Gasteiger partial charge in [0.15, 0.2) is 5.11 Å². The first kappa shape index (κ1) is 16.9. The Morgan fingerprint density at radius 2 is 1.76 bits per heavy atom. The summed E-state index contributed by atoms with van der Waals surface area (Å²) in [7, 11) is 0. The third-order valence-electron chi connectivity index (χ3n) is 2.14. The number of benzene rings is 1. The van der Waals surface area contributed by atoms with Crippen molar-refractivity contribution in [2.24, 2.45) is 0 Å². The Balaban J connectivity index is 2.29. The average molecular weight is 309 g/mol. The van der Waals surface area contributed by atoms with Gasteiger partial charge >= 0.3 is 6.09 Å². The van der Waals surface area contributed by atoms with Gasteiger partial charge in [-0.1, -0.05) is 18.2 Å². The van der Waals surface area contributed by atoms with Crippen molar-refractivity contribution in [1.82, 2.24) is 16.0 Å². The Morgan fingerprint density at radius 1 is 1.14 bits per heavy atom. The van der Waals surface area contributed by atoms with E-state index in [2.05, 4.69) is 16.0 Å². The van der Waals surface area contributed by atoms with E-state index in [0.717, 1.165) is 0 Å². The molecule has 0 saturated carbocycles. The molecule has 6 nitrogen and oxygen atoms in total. The van der Waals surface area contributed by atoms with Crippen molar-refractivity contribution in [3.05, 3.63) is 35.9 Å². The molecule has 0 atom stereocenters. The number of ether oxygens (including phenoxy) is 1. The van der Waals surface area contributed by atoms with E-state index >= 15 is 0 Å². The number of carbonyl (C=O) groups is 2. The predicted octanol–water partition coefficient (Wildman–Crippen LogP) is 1.77. The standard InChI is InChI=1S/C14H19N3O3S/c1-14(2,3)20-13(19)16-9-15-12(21)17-11(18)10-7-5-4-6-8-10/h4-8H,9H2,1-3H3,(H,16,19)(H2,15,17,18,21). The van der Waals surface area contributed by atoms with Gasteiger partial charge in [0.2, 0.25) is 0 Å². The van der Waals surface area contributed by atoms with Crippen LogP contribution in [0, 0.1) is 0 Å². The fourth-order valence-electron chi connectivity index (χ4n) is 1.32. The van der Waals surface area contributed by atoms with Crippen LogP contribution < -0.4 is 16.0 Å². The summed E-state index contributed by atoms with van der Waals surface area (Å²) in [6.45, 7) is 5.36. The lowest BCUT2D eigenvalue weighted by atomic mass is 10.2. The SMILES string of the molecule is CC(C)(C)OC(=O)NCNC(=S)NC(=O)c1ccccc1. The lowest BCUT2D eigenvalue weighted by Gasteiger charge is -2.20. The van der Waals surface area contributed by atoms with Crippen molar-refractivity contribution in [3.63, 3.8) is 0 Å². The maximum absolute atomic E-state index is 11.8. The van der Waals surface area contributed by atoms with Crippen LogP contribution in [-0.2, 0) is 4.74 Å². The topological polar surface area (TPSA) is 79.5 Å². The van der Waals surface area contributed by atoms with Gasteiger partial charge in [-0.3, -0.25) is 10.1 Å². The number of carbonyl (C=O) groups excluding carboxylic acids is 2. The molecule has 0 unspecified atom stereocenters. The normalized spacial score (nSPS) is 10.4. The Morgan fingerprint density at radius 3 is 2.33 bits per heavy atom. The van der Waals surface area contributed by atoms with Gasteiger partial charge in [0, 0.05) is 5.56 Å². The third kappa shape index (κ3) is 7.26. The quantitative estimate of drug-likeness (QED) is 0.586. The molecule has 0 radical (unpaired) electrons. The molecule has 0 aliphatic rings. The van der Waals surface area contributed by atoms with Gasteiger partial charge in [-0.2, -0.15) is 0 Å². The zero-order chi connectivity index (χ0) is 15.9. The van der Waals surface area contributed by atoms with E-state index < -0.39 is 11.7 Å². The van der Waals surface area contributed by atoms with Crippen LogP contribution in [0.3, 0.4) is 0 Å². The molecule has 7 heteroatoms. The van der Waals surface area contributed by atoms with Gasteiger partial charge in [0.05, 0.1) is 6.67 Å². The number of hydrogen-bond acceptors (Lipinski definition) is 4. The molecule has 0 bridgehead atoms. The summed E-state index contributed by atoms with van der Waals surface area (Å²) in [6, 6.07) is 8.69. The van der Waals surface area contributed by atoms with Crippen LogP contribution in [0.25, 0.3) is 0 Å². The molecule has 114 valence electrons. The number of nitrogens with one attached hydrogen (secondary N) is 3. The van der Waals surface area contributed by atoms with Gasteiger partial charge in [-0.05, 0) is 45.1 Å². The molecule has 0 fully saturated rings. The van der Waals surface area contributed by atoms with Crippen LogP contribution in [0.15, 0.2) is 30.3 Å². The van der Waals surface area contributed by atoms with Gasteiger partial charge in [-0.15, -0.1) is 0 Å². The molecule has 2 amide bonds. The van der Waals surface area contributed by atoms with E-state index in [0.29, 0.717) is 5.56 Å². The fourth-order valence-corrected chi connectivity index (χ4v) is 1.48. The van der Waals surface area contributed by atoms with Crippen LogP contribution in [0.1, 0.15) is 31.1 Å². The number of alkyl carbamates (subject to hydrolysis) is 1. The maximum atomic E-state index is 11.8. The highest BCUT2D eigenvalue weighted by molar-refractivity contribution is 7.80. The first-order valence-corrected chi connectivity index (χ1v) is 6.80. The van der Waals surface area contributed by atoms with E-state index in [1.807, 2.05) is 6.07 Å². The lowest BCUT2D eigenvalue weighted by molar-refractivity contribution is 0.0526. The molecule has 1 aromatic rings. The highest BCUT2D eigenvalue weighted by atomic mass is 32.1. The monoisotopic (exact) mass is 309 g/mol. The second kappa shape index (κ2) is 7.58. The van der Waals surface area contributed by atoms with Crippen LogP contribution >= 0.6 is 12.2 Å². The maximum Gasteiger partial charge on any atom is 0.409 e. The molecular formula is C14H19N3O3S. The van der Waals surface area contributed by atoms with Gasteiger partial charge in [0.1, 0.15) is 5.60 Å². The van der Waals surface area contributed by atoms with Crippen molar-refractivity contribution < 1.29 is 14.3 Å². The van der Waals surface area contributed by atoms with E-state index in [1.54, 1.807) is 45.0 Å². The van der Waals surface area contributed by atoms with Crippen LogP contribution in [0.2, 0.25) is 0 Å². The summed E-state index contributed by atoms with van der Waals surface area (Å²) in [5, 5.41) is 7.79. The van der Waals surface area contributed by atoms with Crippen molar-refractivity contribution in [2.75, 3.05) is 6.67 Å². The fraction of sp³-hybridized carbons (Fsp3) is 0.357. The Hall–Kier alpha value is -2.15. The van der Waals surface area contributed by atoms with Gasteiger partial charge in [0.25, 0.3) is 5.91 Å². The summed E-state index contributed by atoms with van der Waals surface area (Å²) < 4.78 is 5.05. The minimum Gasteiger partial charge on any atom is -0.444 e. The summed E-state index contributed by atoms with van der Waals surface area (Å²) in [5.41, 5.74) is -0.0618. The summed E-state index contributed by atoms with van der Waals surface area (Å²) in [6.07, 6.45) is -0.563. The second-order valence-corrected chi connectivity index (χ2v) is 5.59. The van der Waals surface area contributed by atoms with Crippen LogP contribution in [0.4, 0.5) is 4.79 Å². The molecule has 0 aromatic heterocycles. The zero-order valence-corrected chi connectivity index (χ0v) is 13.0. The van der Waals surface area contributed by atoms with E-state index in [-0.39, 0.29) is 17.7 Å². The van der Waals surface area contributed by atoms with Crippen molar-refractivity contribution in [3.8, 4) is 0 Å². The molecule has 1 rings (SSSR count). The number of thiocarbonyl (C=S) groups is 1. The Bertz CT molecular complexity index is 512. The van der Waals surface area contributed by atoms with E-state index in [9.17, 15) is 9.59 Å². The van der Waals surface area contributed by atoms with Crippen molar-refractivity contribution in [1.29, 1.82) is 0 Å². The van der Waals surface area contributed by atoms with Crippen molar-refractivity contribution in [2.45, 2.75) is 26.4 Å². The highest BCUT2D eigenvalue weighted by Crippen LogP contribution is 2.05. The molecular weight excluding hydrogens is 290 g/mol. The molecule has 3 N–H and O–H groups in total. The van der Waals surface area contributed by atoms with Crippen LogP contribution in [0.5, 0.6) is 0 Å². The Kier molecular flexibility index (Phi) is 6.10. The third-order valence-corrected chi connectivity index (χ3v) is 2.39. The average Bonchev–Trinajstić information content (AvgIpc) is 2.37. The molecule has 0 saturated heterocycles. The van der Waals surface area contributed by atoms with E-state index in [1.165, 1.54) is 0 Å². The van der Waals surface area contributed by atoms with Crippen LogP contribution in [-0.4, -0.2) is 29.4 Å². The molecule has 1 aromatic carbocycles. The molecule has 0 spiro atoms.